The molecule has 2 aliphatic carbocycles. The molecule has 0 saturated heterocycles. The molecular weight excluding hydrogens is 290 g/mol. The van der Waals surface area contributed by atoms with Crippen molar-refractivity contribution >= 4 is 5.91 Å². The fourth-order valence-electron chi connectivity index (χ4n) is 3.99. The van der Waals surface area contributed by atoms with Gasteiger partial charge in [-0.15, -0.1) is 0 Å². The topological polar surface area (TPSA) is 49.8 Å². The van der Waals surface area contributed by atoms with Gasteiger partial charge in [0.15, 0.2) is 0 Å². The molecule has 0 heterocycles. The number of hydrogen-bond donors (Lipinski definition) is 1. The number of benzene rings is 1. The molecule has 4 nitrogen and oxygen atoms in total. The summed E-state index contributed by atoms with van der Waals surface area (Å²) >= 11 is 0. The van der Waals surface area contributed by atoms with Crippen LogP contribution in [0.1, 0.15) is 42.4 Å². The number of ether oxygens (including phenoxy) is 1. The summed E-state index contributed by atoms with van der Waals surface area (Å²) in [6, 6.07) is 6.33. The second kappa shape index (κ2) is 7.02. The van der Waals surface area contributed by atoms with Crippen LogP contribution in [0, 0.1) is 0 Å². The van der Waals surface area contributed by atoms with Crippen LogP contribution < -0.4 is 0 Å². The van der Waals surface area contributed by atoms with Gasteiger partial charge >= 0.3 is 0 Å². The summed E-state index contributed by atoms with van der Waals surface area (Å²) < 4.78 is 5.28. The normalized spacial score (nSPS) is 26.8. The highest BCUT2D eigenvalue weighted by Gasteiger charge is 2.38. The van der Waals surface area contributed by atoms with Crippen molar-refractivity contribution in [2.45, 2.75) is 63.2 Å². The lowest BCUT2D eigenvalue weighted by atomic mass is 9.90. The smallest absolute Gasteiger partial charge is 0.227 e. The maximum absolute atomic E-state index is 12.6. The number of rotatable bonds is 4. The standard InChI is InChI=1S/C19H27NO3/c1-20(16-9-10-17(23-2)19(16)22)18(21)12-13-7-8-14-5-3-4-6-15(14)11-13/h7-8,11,16-17,19,22H,3-6,9-10,12H2,1-2H3/t16-,17-,19-/m1/s1. The number of likely N-dealkylation sites (N-methyl/N-ethyl adjacent to an activating group) is 1. The summed E-state index contributed by atoms with van der Waals surface area (Å²) in [4.78, 5) is 14.3. The molecule has 3 rings (SSSR count). The Labute approximate surface area is 138 Å². The molecule has 0 unspecified atom stereocenters. The predicted molar refractivity (Wildman–Crippen MR) is 89.4 cm³/mol. The molecule has 1 aromatic carbocycles. The molecule has 0 radical (unpaired) electrons. The van der Waals surface area contributed by atoms with E-state index in [-0.39, 0.29) is 18.1 Å². The van der Waals surface area contributed by atoms with Crippen LogP contribution in [0.15, 0.2) is 18.2 Å². The molecule has 2 aliphatic rings. The molecule has 3 atom stereocenters. The van der Waals surface area contributed by atoms with E-state index in [2.05, 4.69) is 18.2 Å². The Morgan fingerprint density at radius 1 is 1.26 bits per heavy atom. The minimum atomic E-state index is -0.586. The highest BCUT2D eigenvalue weighted by atomic mass is 16.5. The summed E-state index contributed by atoms with van der Waals surface area (Å²) in [6.45, 7) is 0. The number of carbonyl (C=O) groups is 1. The molecule has 0 bridgehead atoms. The molecule has 0 spiro atoms. The third-order valence-corrected chi connectivity index (χ3v) is 5.48. The van der Waals surface area contributed by atoms with Gasteiger partial charge in [-0.3, -0.25) is 4.79 Å². The summed E-state index contributed by atoms with van der Waals surface area (Å²) in [5.74, 6) is 0.0709. The minimum absolute atomic E-state index is 0.0709. The van der Waals surface area contributed by atoms with Crippen LogP contribution in [0.5, 0.6) is 0 Å². The van der Waals surface area contributed by atoms with E-state index in [9.17, 15) is 9.90 Å². The van der Waals surface area contributed by atoms with E-state index in [4.69, 9.17) is 4.74 Å². The molecular formula is C19H27NO3. The van der Waals surface area contributed by atoms with Crippen molar-refractivity contribution in [3.63, 3.8) is 0 Å². The van der Waals surface area contributed by atoms with Gasteiger partial charge in [0, 0.05) is 14.2 Å². The van der Waals surface area contributed by atoms with Crippen molar-refractivity contribution in [1.82, 2.24) is 4.90 Å². The lowest BCUT2D eigenvalue weighted by Gasteiger charge is -2.28. The number of fused-ring (bicyclic) bond motifs is 1. The average Bonchev–Trinajstić information content (AvgIpc) is 2.94. The van der Waals surface area contributed by atoms with E-state index in [0.29, 0.717) is 6.42 Å². The number of aliphatic hydroxyl groups is 1. The van der Waals surface area contributed by atoms with Crippen LogP contribution in [-0.2, 0) is 28.8 Å². The zero-order chi connectivity index (χ0) is 16.4. The van der Waals surface area contributed by atoms with Crippen LogP contribution in [0.25, 0.3) is 0 Å². The molecule has 23 heavy (non-hydrogen) atoms. The lowest BCUT2D eigenvalue weighted by Crippen LogP contribution is -2.45. The van der Waals surface area contributed by atoms with E-state index in [0.717, 1.165) is 31.2 Å². The number of carbonyl (C=O) groups excluding carboxylic acids is 1. The van der Waals surface area contributed by atoms with Gasteiger partial charge < -0.3 is 14.7 Å². The highest BCUT2D eigenvalue weighted by Crippen LogP contribution is 2.27. The zero-order valence-electron chi connectivity index (χ0n) is 14.1. The third-order valence-electron chi connectivity index (χ3n) is 5.48. The number of aliphatic hydroxyl groups excluding tert-OH is 1. The first-order chi connectivity index (χ1) is 11.1. The number of aryl methyl sites for hydroxylation is 2. The van der Waals surface area contributed by atoms with Crippen LogP contribution in [0.4, 0.5) is 0 Å². The first-order valence-electron chi connectivity index (χ1n) is 8.67. The van der Waals surface area contributed by atoms with Crippen molar-refractivity contribution in [3.8, 4) is 0 Å². The lowest BCUT2D eigenvalue weighted by molar-refractivity contribution is -0.134. The van der Waals surface area contributed by atoms with E-state index >= 15 is 0 Å². The van der Waals surface area contributed by atoms with Gasteiger partial charge in [-0.25, -0.2) is 0 Å². The predicted octanol–water partition coefficient (Wildman–Crippen LogP) is 2.10. The van der Waals surface area contributed by atoms with Gasteiger partial charge in [-0.2, -0.15) is 0 Å². The summed E-state index contributed by atoms with van der Waals surface area (Å²) in [7, 11) is 3.41. The molecule has 1 aromatic rings. The van der Waals surface area contributed by atoms with E-state index in [1.54, 1.807) is 19.1 Å². The second-order valence-corrected chi connectivity index (χ2v) is 6.90. The van der Waals surface area contributed by atoms with E-state index in [1.807, 2.05) is 0 Å². The Hall–Kier alpha value is -1.39. The van der Waals surface area contributed by atoms with Crippen molar-refractivity contribution in [2.75, 3.05) is 14.2 Å². The van der Waals surface area contributed by atoms with Crippen molar-refractivity contribution < 1.29 is 14.6 Å². The summed E-state index contributed by atoms with van der Waals surface area (Å²) in [5.41, 5.74) is 3.93. The Morgan fingerprint density at radius 2 is 2.00 bits per heavy atom. The zero-order valence-corrected chi connectivity index (χ0v) is 14.1. The molecule has 1 N–H and O–H groups in total. The van der Waals surface area contributed by atoms with Crippen molar-refractivity contribution in [2.24, 2.45) is 0 Å². The van der Waals surface area contributed by atoms with E-state index in [1.165, 1.54) is 24.0 Å². The molecule has 1 fully saturated rings. The molecule has 0 aliphatic heterocycles. The van der Waals surface area contributed by atoms with Crippen LogP contribution in [-0.4, -0.2) is 48.3 Å². The van der Waals surface area contributed by atoms with Crippen molar-refractivity contribution in [3.05, 3.63) is 34.9 Å². The first-order valence-corrected chi connectivity index (χ1v) is 8.67. The Kier molecular flexibility index (Phi) is 5.02. The molecule has 4 heteroatoms. The Morgan fingerprint density at radius 3 is 2.70 bits per heavy atom. The van der Waals surface area contributed by atoms with E-state index < -0.39 is 6.10 Å². The maximum atomic E-state index is 12.6. The van der Waals surface area contributed by atoms with Gasteiger partial charge in [0.1, 0.15) is 6.10 Å². The monoisotopic (exact) mass is 317 g/mol. The van der Waals surface area contributed by atoms with Crippen LogP contribution in [0.3, 0.4) is 0 Å². The second-order valence-electron chi connectivity index (χ2n) is 6.90. The van der Waals surface area contributed by atoms with Gasteiger partial charge in [-0.05, 0) is 55.2 Å². The summed E-state index contributed by atoms with van der Waals surface area (Å²) in [6.07, 6.45) is 6.08. The quantitative estimate of drug-likeness (QED) is 0.925. The van der Waals surface area contributed by atoms with Gasteiger partial charge in [0.05, 0.1) is 18.6 Å². The number of amides is 1. The summed E-state index contributed by atoms with van der Waals surface area (Å²) in [5, 5.41) is 10.3. The van der Waals surface area contributed by atoms with Gasteiger partial charge in [0.2, 0.25) is 5.91 Å². The fraction of sp³-hybridized carbons (Fsp3) is 0.632. The minimum Gasteiger partial charge on any atom is -0.388 e. The Balaban J connectivity index is 1.65. The molecule has 1 amide bonds. The molecule has 1 saturated carbocycles. The highest BCUT2D eigenvalue weighted by molar-refractivity contribution is 5.79. The molecule has 0 aromatic heterocycles. The van der Waals surface area contributed by atoms with Crippen molar-refractivity contribution in [1.29, 1.82) is 0 Å². The third kappa shape index (κ3) is 3.43. The molecule has 126 valence electrons. The maximum Gasteiger partial charge on any atom is 0.227 e. The number of hydrogen-bond acceptors (Lipinski definition) is 3. The average molecular weight is 317 g/mol. The van der Waals surface area contributed by atoms with Gasteiger partial charge in [0.25, 0.3) is 0 Å². The first kappa shape index (κ1) is 16.5. The SMILES string of the molecule is CO[C@@H]1CC[C@@H](N(C)C(=O)Cc2ccc3c(c2)CCCC3)[C@H]1O. The van der Waals surface area contributed by atoms with Gasteiger partial charge in [-0.1, -0.05) is 18.2 Å². The largest absolute Gasteiger partial charge is 0.388 e. The van der Waals surface area contributed by atoms with Crippen LogP contribution in [0.2, 0.25) is 0 Å². The Bertz CT molecular complexity index is 572. The number of methoxy groups -OCH3 is 1. The number of nitrogens with zero attached hydrogens (tertiary/aromatic N) is 1. The van der Waals surface area contributed by atoms with Crippen LogP contribution >= 0.6 is 0 Å². The fourth-order valence-corrected chi connectivity index (χ4v) is 3.99.